The van der Waals surface area contributed by atoms with Gasteiger partial charge in [0.25, 0.3) is 0 Å². The van der Waals surface area contributed by atoms with E-state index < -0.39 is 0 Å². The summed E-state index contributed by atoms with van der Waals surface area (Å²) in [7, 11) is 1.86. The number of rotatable bonds is 4. The van der Waals surface area contributed by atoms with E-state index in [1.807, 2.05) is 59.0 Å². The lowest BCUT2D eigenvalue weighted by atomic mass is 10.1. The Balaban J connectivity index is 2.48. The van der Waals surface area contributed by atoms with Crippen LogP contribution in [0.25, 0.3) is 11.3 Å². The van der Waals surface area contributed by atoms with Gasteiger partial charge in [-0.25, -0.2) is 9.97 Å². The number of aromatic nitrogens is 2. The first-order chi connectivity index (χ1) is 9.51. The Morgan fingerprint density at radius 3 is 2.45 bits per heavy atom. The van der Waals surface area contributed by atoms with E-state index in [4.69, 9.17) is 4.74 Å². The predicted molar refractivity (Wildman–Crippen MR) is 82.3 cm³/mol. The molecular weight excluding hydrogens is 250 g/mol. The van der Waals surface area contributed by atoms with Crippen molar-refractivity contribution in [2.24, 2.45) is 0 Å². The molecule has 2 aromatic rings. The van der Waals surface area contributed by atoms with Crippen LogP contribution in [0.1, 0.15) is 25.2 Å². The van der Waals surface area contributed by atoms with Crippen LogP contribution in [0.5, 0.6) is 5.75 Å². The van der Waals surface area contributed by atoms with Gasteiger partial charge < -0.3 is 10.1 Å². The van der Waals surface area contributed by atoms with Gasteiger partial charge in [-0.2, -0.15) is 0 Å². The molecule has 0 aliphatic heterocycles. The fraction of sp³-hybridized carbons (Fsp3) is 0.375. The fourth-order valence-electron chi connectivity index (χ4n) is 1.97. The molecular formula is C16H21N3O. The number of nitrogens with zero attached hydrogens (tertiary/aromatic N) is 2. The second kappa shape index (κ2) is 5.90. The van der Waals surface area contributed by atoms with Gasteiger partial charge in [-0.15, -0.1) is 0 Å². The Hall–Kier alpha value is -2.10. The molecule has 0 atom stereocenters. The highest BCUT2D eigenvalue weighted by molar-refractivity contribution is 5.72. The maximum atomic E-state index is 5.74. The molecule has 1 aromatic heterocycles. The summed E-state index contributed by atoms with van der Waals surface area (Å²) in [5.74, 6) is 1.63. The second-order valence-corrected chi connectivity index (χ2v) is 5.04. The van der Waals surface area contributed by atoms with Gasteiger partial charge in [0.1, 0.15) is 11.4 Å². The van der Waals surface area contributed by atoms with Crippen LogP contribution in [0.15, 0.2) is 24.3 Å². The quantitative estimate of drug-likeness (QED) is 0.923. The van der Waals surface area contributed by atoms with Crippen LogP contribution in [0, 0.1) is 13.8 Å². The second-order valence-electron chi connectivity index (χ2n) is 5.04. The van der Waals surface area contributed by atoms with E-state index in [-0.39, 0.29) is 6.10 Å². The van der Waals surface area contributed by atoms with Crippen LogP contribution in [0.2, 0.25) is 0 Å². The van der Waals surface area contributed by atoms with Gasteiger partial charge in [-0.1, -0.05) is 12.1 Å². The topological polar surface area (TPSA) is 47.0 Å². The van der Waals surface area contributed by atoms with Gasteiger partial charge in [0, 0.05) is 12.6 Å². The summed E-state index contributed by atoms with van der Waals surface area (Å²) in [5, 5.41) is 3.11. The minimum atomic E-state index is 0.153. The fourth-order valence-corrected chi connectivity index (χ4v) is 1.97. The standard InChI is InChI=1S/C16H21N3O/c1-10(2)20-14-8-6-7-13(9-14)15-16(17-5)19-12(4)11(3)18-15/h6-10H,1-5H3,(H,17,19). The first kappa shape index (κ1) is 14.3. The summed E-state index contributed by atoms with van der Waals surface area (Å²) >= 11 is 0. The SMILES string of the molecule is CNc1nc(C)c(C)nc1-c1cccc(OC(C)C)c1. The lowest BCUT2D eigenvalue weighted by Crippen LogP contribution is -2.06. The zero-order chi connectivity index (χ0) is 14.7. The Kier molecular flexibility index (Phi) is 4.23. The molecule has 2 rings (SSSR count). The van der Waals surface area contributed by atoms with E-state index in [2.05, 4.69) is 15.3 Å². The highest BCUT2D eigenvalue weighted by Crippen LogP contribution is 2.28. The highest BCUT2D eigenvalue weighted by Gasteiger charge is 2.11. The van der Waals surface area contributed by atoms with E-state index in [0.29, 0.717) is 0 Å². The normalized spacial score (nSPS) is 10.7. The van der Waals surface area contributed by atoms with Gasteiger partial charge >= 0.3 is 0 Å². The van der Waals surface area contributed by atoms with Gasteiger partial charge in [-0.3, -0.25) is 0 Å². The first-order valence-electron chi connectivity index (χ1n) is 6.81. The average Bonchev–Trinajstić information content (AvgIpc) is 2.41. The Bertz CT molecular complexity index is 609. The van der Waals surface area contributed by atoms with E-state index in [1.165, 1.54) is 0 Å². The number of nitrogens with one attached hydrogen (secondary N) is 1. The molecule has 1 aromatic carbocycles. The van der Waals surface area contributed by atoms with Crippen molar-refractivity contribution >= 4 is 5.82 Å². The van der Waals surface area contributed by atoms with E-state index >= 15 is 0 Å². The molecule has 0 fully saturated rings. The molecule has 0 unspecified atom stereocenters. The number of ether oxygens (including phenoxy) is 1. The summed E-state index contributed by atoms with van der Waals surface area (Å²) in [6.45, 7) is 7.97. The number of hydrogen-bond donors (Lipinski definition) is 1. The summed E-state index contributed by atoms with van der Waals surface area (Å²) in [4.78, 5) is 9.20. The monoisotopic (exact) mass is 271 g/mol. The van der Waals surface area contributed by atoms with Gasteiger partial charge in [0.15, 0.2) is 5.82 Å². The molecule has 1 N–H and O–H groups in total. The lowest BCUT2D eigenvalue weighted by molar-refractivity contribution is 0.242. The molecule has 20 heavy (non-hydrogen) atoms. The van der Waals surface area contributed by atoms with Crippen LogP contribution in [-0.2, 0) is 0 Å². The molecule has 0 amide bonds. The van der Waals surface area contributed by atoms with Crippen LogP contribution in [-0.4, -0.2) is 23.1 Å². The van der Waals surface area contributed by atoms with Crippen LogP contribution in [0.3, 0.4) is 0 Å². The van der Waals surface area contributed by atoms with E-state index in [9.17, 15) is 0 Å². The summed E-state index contributed by atoms with van der Waals surface area (Å²) in [6, 6.07) is 7.95. The molecule has 106 valence electrons. The average molecular weight is 271 g/mol. The maximum absolute atomic E-state index is 5.74. The molecule has 4 nitrogen and oxygen atoms in total. The summed E-state index contributed by atoms with van der Waals surface area (Å²) < 4.78 is 5.74. The predicted octanol–water partition coefficient (Wildman–Crippen LogP) is 3.59. The van der Waals surface area contributed by atoms with Crippen molar-refractivity contribution in [3.8, 4) is 17.0 Å². The molecule has 0 saturated carbocycles. The Morgan fingerprint density at radius 1 is 1.10 bits per heavy atom. The molecule has 0 saturated heterocycles. The molecule has 0 bridgehead atoms. The van der Waals surface area contributed by atoms with Crippen molar-refractivity contribution in [3.05, 3.63) is 35.7 Å². The molecule has 1 heterocycles. The smallest absolute Gasteiger partial charge is 0.152 e. The first-order valence-corrected chi connectivity index (χ1v) is 6.81. The van der Waals surface area contributed by atoms with Crippen molar-refractivity contribution in [2.75, 3.05) is 12.4 Å². The largest absolute Gasteiger partial charge is 0.491 e. The van der Waals surface area contributed by atoms with Crippen molar-refractivity contribution in [2.45, 2.75) is 33.8 Å². The summed E-state index contributed by atoms with van der Waals surface area (Å²) in [5.41, 5.74) is 3.73. The highest BCUT2D eigenvalue weighted by atomic mass is 16.5. The minimum absolute atomic E-state index is 0.153. The molecule has 0 aliphatic rings. The lowest BCUT2D eigenvalue weighted by Gasteiger charge is -2.13. The third-order valence-electron chi connectivity index (χ3n) is 3.02. The maximum Gasteiger partial charge on any atom is 0.152 e. The van der Waals surface area contributed by atoms with Crippen molar-refractivity contribution in [1.29, 1.82) is 0 Å². The Morgan fingerprint density at radius 2 is 1.80 bits per heavy atom. The molecule has 0 aliphatic carbocycles. The van der Waals surface area contributed by atoms with Crippen LogP contribution < -0.4 is 10.1 Å². The summed E-state index contributed by atoms with van der Waals surface area (Å²) in [6.07, 6.45) is 0.153. The number of hydrogen-bond acceptors (Lipinski definition) is 4. The zero-order valence-electron chi connectivity index (χ0n) is 12.7. The van der Waals surface area contributed by atoms with Gasteiger partial charge in [0.05, 0.1) is 17.5 Å². The van der Waals surface area contributed by atoms with Crippen molar-refractivity contribution in [1.82, 2.24) is 9.97 Å². The molecule has 0 radical (unpaired) electrons. The van der Waals surface area contributed by atoms with Crippen molar-refractivity contribution in [3.63, 3.8) is 0 Å². The molecule has 0 spiro atoms. The third kappa shape index (κ3) is 3.07. The number of aryl methyl sites for hydroxylation is 2. The Labute approximate surface area is 120 Å². The zero-order valence-corrected chi connectivity index (χ0v) is 12.7. The van der Waals surface area contributed by atoms with Gasteiger partial charge in [0.2, 0.25) is 0 Å². The van der Waals surface area contributed by atoms with E-state index in [0.717, 1.165) is 34.2 Å². The minimum Gasteiger partial charge on any atom is -0.491 e. The third-order valence-corrected chi connectivity index (χ3v) is 3.02. The van der Waals surface area contributed by atoms with Gasteiger partial charge in [-0.05, 0) is 39.8 Å². The number of benzene rings is 1. The molecule has 4 heteroatoms. The number of anilines is 1. The van der Waals surface area contributed by atoms with Crippen LogP contribution in [0.4, 0.5) is 5.82 Å². The van der Waals surface area contributed by atoms with Crippen molar-refractivity contribution < 1.29 is 4.74 Å². The van der Waals surface area contributed by atoms with Crippen LogP contribution >= 0.6 is 0 Å². The van der Waals surface area contributed by atoms with E-state index in [1.54, 1.807) is 0 Å².